The van der Waals surface area contributed by atoms with Crippen LogP contribution in [0, 0.1) is 0 Å². The molecule has 0 fully saturated rings. The van der Waals surface area contributed by atoms with Crippen molar-refractivity contribution in [2.45, 2.75) is 40.0 Å². The zero-order valence-electron chi connectivity index (χ0n) is 11.8. The van der Waals surface area contributed by atoms with Crippen molar-refractivity contribution >= 4 is 11.6 Å². The van der Waals surface area contributed by atoms with Gasteiger partial charge in [0.15, 0.2) is 0 Å². The summed E-state index contributed by atoms with van der Waals surface area (Å²) in [5.74, 6) is 0.616. The smallest absolute Gasteiger partial charge is 0.138 e. The lowest BCUT2D eigenvalue weighted by atomic mass is 10.2. The summed E-state index contributed by atoms with van der Waals surface area (Å²) in [7, 11) is 0. The maximum atomic E-state index is 9.05. The fourth-order valence-corrected chi connectivity index (χ4v) is 2.25. The van der Waals surface area contributed by atoms with Crippen LogP contribution in [0.3, 0.4) is 0 Å². The van der Waals surface area contributed by atoms with Crippen LogP contribution in [0.2, 0.25) is 5.02 Å². The van der Waals surface area contributed by atoms with E-state index in [1.807, 2.05) is 4.68 Å². The maximum Gasteiger partial charge on any atom is 0.138 e. The second-order valence-electron chi connectivity index (χ2n) is 4.51. The predicted molar refractivity (Wildman–Crippen MR) is 79.0 cm³/mol. The van der Waals surface area contributed by atoms with E-state index in [2.05, 4.69) is 25.0 Å². The molecule has 0 atom stereocenters. The molecule has 0 unspecified atom stereocenters. The van der Waals surface area contributed by atoms with Crippen LogP contribution in [-0.4, -0.2) is 14.9 Å². The van der Waals surface area contributed by atoms with E-state index in [1.54, 1.807) is 18.2 Å². The maximum absolute atomic E-state index is 9.05. The van der Waals surface area contributed by atoms with Crippen LogP contribution >= 0.6 is 11.6 Å². The molecular weight excluding hydrogens is 276 g/mol. The van der Waals surface area contributed by atoms with Gasteiger partial charge in [-0.05, 0) is 37.1 Å². The van der Waals surface area contributed by atoms with Crippen molar-refractivity contribution in [2.24, 2.45) is 0 Å². The van der Waals surface area contributed by atoms with Gasteiger partial charge in [-0.2, -0.15) is 5.10 Å². The molecule has 0 radical (unpaired) electrons. The first-order valence-corrected chi connectivity index (χ1v) is 7.13. The predicted octanol–water partition coefficient (Wildman–Crippen LogP) is 3.19. The number of benzene rings is 1. The van der Waals surface area contributed by atoms with E-state index < -0.39 is 0 Å². The Morgan fingerprint density at radius 1 is 1.30 bits per heavy atom. The summed E-state index contributed by atoms with van der Waals surface area (Å²) in [6.07, 6.45) is 0.909. The standard InChI is InChI=1S/C15H19ClN2O2/c1-3-12-8-13(18(4-2)17-12)10-20-15-6-5-11(9-19)7-14(15)16/h5-8,19H,3-4,9-10H2,1-2H3. The molecule has 0 spiro atoms. The highest BCUT2D eigenvalue weighted by molar-refractivity contribution is 6.32. The topological polar surface area (TPSA) is 47.3 Å². The molecule has 20 heavy (non-hydrogen) atoms. The third kappa shape index (κ3) is 3.32. The Balaban J connectivity index is 2.10. The van der Waals surface area contributed by atoms with E-state index in [9.17, 15) is 0 Å². The summed E-state index contributed by atoms with van der Waals surface area (Å²) in [6, 6.07) is 7.35. The molecule has 1 aromatic carbocycles. The molecule has 0 aliphatic rings. The van der Waals surface area contributed by atoms with Crippen LogP contribution in [-0.2, 0) is 26.2 Å². The van der Waals surface area contributed by atoms with Crippen molar-refractivity contribution in [2.75, 3.05) is 0 Å². The number of aliphatic hydroxyl groups excluding tert-OH is 1. The first-order chi connectivity index (χ1) is 9.67. The van der Waals surface area contributed by atoms with Gasteiger partial charge in [0, 0.05) is 6.54 Å². The molecule has 1 N–H and O–H groups in total. The summed E-state index contributed by atoms with van der Waals surface area (Å²) in [4.78, 5) is 0. The molecule has 0 aliphatic carbocycles. The van der Waals surface area contributed by atoms with Gasteiger partial charge in [-0.3, -0.25) is 4.68 Å². The zero-order chi connectivity index (χ0) is 14.5. The Morgan fingerprint density at radius 3 is 2.70 bits per heavy atom. The summed E-state index contributed by atoms with van der Waals surface area (Å²) in [6.45, 7) is 5.35. The first-order valence-electron chi connectivity index (χ1n) is 6.75. The number of halogens is 1. The van der Waals surface area contributed by atoms with Gasteiger partial charge in [0.1, 0.15) is 12.4 Å². The molecule has 0 amide bonds. The van der Waals surface area contributed by atoms with E-state index in [4.69, 9.17) is 21.4 Å². The monoisotopic (exact) mass is 294 g/mol. The van der Waals surface area contributed by atoms with Crippen LogP contribution in [0.4, 0.5) is 0 Å². The van der Waals surface area contributed by atoms with Crippen LogP contribution < -0.4 is 4.74 Å². The largest absolute Gasteiger partial charge is 0.486 e. The Labute approximate surface area is 123 Å². The Kier molecular flexibility index (Phi) is 5.04. The Bertz CT molecular complexity index is 581. The molecule has 0 saturated heterocycles. The first kappa shape index (κ1) is 14.9. The Hall–Kier alpha value is -1.52. The summed E-state index contributed by atoms with van der Waals surface area (Å²) >= 11 is 6.12. The summed E-state index contributed by atoms with van der Waals surface area (Å²) in [5, 5.41) is 14.0. The number of aromatic nitrogens is 2. The number of nitrogens with zero attached hydrogens (tertiary/aromatic N) is 2. The number of hydrogen-bond donors (Lipinski definition) is 1. The van der Waals surface area contributed by atoms with Crippen molar-refractivity contribution in [1.29, 1.82) is 0 Å². The van der Waals surface area contributed by atoms with Crippen molar-refractivity contribution in [1.82, 2.24) is 9.78 Å². The molecule has 5 heteroatoms. The minimum atomic E-state index is -0.0253. The minimum absolute atomic E-state index is 0.0253. The highest BCUT2D eigenvalue weighted by Crippen LogP contribution is 2.26. The summed E-state index contributed by atoms with van der Waals surface area (Å²) in [5.41, 5.74) is 2.87. The highest BCUT2D eigenvalue weighted by Gasteiger charge is 2.08. The van der Waals surface area contributed by atoms with Crippen molar-refractivity contribution in [3.8, 4) is 5.75 Å². The van der Waals surface area contributed by atoms with Crippen molar-refractivity contribution in [3.63, 3.8) is 0 Å². The molecule has 4 nitrogen and oxygen atoms in total. The average Bonchev–Trinajstić information content (AvgIpc) is 2.88. The molecule has 108 valence electrons. The van der Waals surface area contributed by atoms with Crippen molar-refractivity contribution in [3.05, 3.63) is 46.2 Å². The van der Waals surface area contributed by atoms with Gasteiger partial charge < -0.3 is 9.84 Å². The fraction of sp³-hybridized carbons (Fsp3) is 0.400. The van der Waals surface area contributed by atoms with E-state index >= 15 is 0 Å². The van der Waals surface area contributed by atoms with Gasteiger partial charge in [-0.15, -0.1) is 0 Å². The third-order valence-corrected chi connectivity index (χ3v) is 3.43. The van der Waals surface area contributed by atoms with Crippen LogP contribution in [0.5, 0.6) is 5.75 Å². The second kappa shape index (κ2) is 6.77. The van der Waals surface area contributed by atoms with Gasteiger partial charge in [0.2, 0.25) is 0 Å². The van der Waals surface area contributed by atoms with Crippen LogP contribution in [0.15, 0.2) is 24.3 Å². The number of ether oxygens (including phenoxy) is 1. The van der Waals surface area contributed by atoms with Gasteiger partial charge in [0.05, 0.1) is 23.0 Å². The lowest BCUT2D eigenvalue weighted by molar-refractivity contribution is 0.280. The number of hydrogen-bond acceptors (Lipinski definition) is 3. The lowest BCUT2D eigenvalue weighted by Gasteiger charge is -2.10. The number of rotatable bonds is 6. The number of aryl methyl sites for hydroxylation is 2. The second-order valence-corrected chi connectivity index (χ2v) is 4.92. The highest BCUT2D eigenvalue weighted by atomic mass is 35.5. The van der Waals surface area contributed by atoms with E-state index in [1.165, 1.54) is 0 Å². The van der Waals surface area contributed by atoms with Crippen LogP contribution in [0.25, 0.3) is 0 Å². The van der Waals surface area contributed by atoms with E-state index in [0.29, 0.717) is 17.4 Å². The van der Waals surface area contributed by atoms with Crippen molar-refractivity contribution < 1.29 is 9.84 Å². The van der Waals surface area contributed by atoms with E-state index in [-0.39, 0.29) is 6.61 Å². The average molecular weight is 295 g/mol. The molecular formula is C15H19ClN2O2. The molecule has 0 saturated carbocycles. The summed E-state index contributed by atoms with van der Waals surface area (Å²) < 4.78 is 7.69. The number of aliphatic hydroxyl groups is 1. The quantitative estimate of drug-likeness (QED) is 0.890. The van der Waals surface area contributed by atoms with Gasteiger partial charge in [-0.1, -0.05) is 24.6 Å². The molecule has 0 bridgehead atoms. The lowest BCUT2D eigenvalue weighted by Crippen LogP contribution is -2.06. The Morgan fingerprint density at radius 2 is 2.10 bits per heavy atom. The van der Waals surface area contributed by atoms with Crippen LogP contribution in [0.1, 0.15) is 30.8 Å². The van der Waals surface area contributed by atoms with Gasteiger partial charge in [-0.25, -0.2) is 0 Å². The zero-order valence-corrected chi connectivity index (χ0v) is 12.5. The van der Waals surface area contributed by atoms with Gasteiger partial charge in [0.25, 0.3) is 0 Å². The van der Waals surface area contributed by atoms with E-state index in [0.717, 1.165) is 29.9 Å². The van der Waals surface area contributed by atoms with Gasteiger partial charge >= 0.3 is 0 Å². The third-order valence-electron chi connectivity index (χ3n) is 3.13. The normalized spacial score (nSPS) is 10.8. The molecule has 2 aromatic rings. The molecule has 1 heterocycles. The molecule has 2 rings (SSSR count). The molecule has 1 aromatic heterocycles. The molecule has 0 aliphatic heterocycles. The fourth-order valence-electron chi connectivity index (χ4n) is 1.99. The minimum Gasteiger partial charge on any atom is -0.486 e. The SMILES string of the molecule is CCc1cc(COc2ccc(CO)cc2Cl)n(CC)n1.